The number of nitrogens with one attached hydrogen (secondary N) is 2. The summed E-state index contributed by atoms with van der Waals surface area (Å²) in [7, 11) is 0. The van der Waals surface area contributed by atoms with E-state index in [1.807, 2.05) is 48.5 Å². The first kappa shape index (κ1) is 18.2. The van der Waals surface area contributed by atoms with Crippen molar-refractivity contribution in [2.45, 2.75) is 38.1 Å². The van der Waals surface area contributed by atoms with Gasteiger partial charge in [0.15, 0.2) is 5.69 Å². The Bertz CT molecular complexity index is 975. The minimum absolute atomic E-state index is 0.205. The Morgan fingerprint density at radius 1 is 1.00 bits per heavy atom. The molecule has 2 N–H and O–H groups in total. The summed E-state index contributed by atoms with van der Waals surface area (Å²) in [5.41, 5.74) is 2.11. The van der Waals surface area contributed by atoms with Crippen molar-refractivity contribution < 1.29 is 9.59 Å². The van der Waals surface area contributed by atoms with Crippen molar-refractivity contribution in [1.29, 1.82) is 0 Å². The average molecular weight is 376 g/mol. The van der Waals surface area contributed by atoms with Gasteiger partial charge in [0.1, 0.15) is 0 Å². The summed E-state index contributed by atoms with van der Waals surface area (Å²) >= 11 is 0. The molecule has 1 saturated carbocycles. The minimum Gasteiger partial charge on any atom is -0.349 e. The van der Waals surface area contributed by atoms with Gasteiger partial charge in [-0.25, -0.2) is 4.98 Å². The molecule has 0 unspecified atom stereocenters. The molecule has 2 heterocycles. The number of carbonyl (C=O) groups excluding carboxylic acids is 2. The number of hydrogen-bond acceptors (Lipinski definition) is 3. The summed E-state index contributed by atoms with van der Waals surface area (Å²) in [4.78, 5) is 29.8. The van der Waals surface area contributed by atoms with Crippen LogP contribution in [0.5, 0.6) is 0 Å². The van der Waals surface area contributed by atoms with E-state index in [-0.39, 0.29) is 23.7 Å². The summed E-state index contributed by atoms with van der Waals surface area (Å²) in [6.07, 6.45) is 6.80. The Balaban J connectivity index is 1.50. The van der Waals surface area contributed by atoms with Gasteiger partial charge in [0.05, 0.1) is 5.52 Å². The zero-order chi connectivity index (χ0) is 19.3. The lowest BCUT2D eigenvalue weighted by atomic mass is 10.1. The van der Waals surface area contributed by atoms with E-state index < -0.39 is 0 Å². The van der Waals surface area contributed by atoms with E-state index >= 15 is 0 Å². The van der Waals surface area contributed by atoms with Crippen LogP contribution in [-0.4, -0.2) is 33.8 Å². The number of amides is 2. The van der Waals surface area contributed by atoms with Crippen LogP contribution in [0.25, 0.3) is 5.52 Å². The number of hydrogen-bond donors (Lipinski definition) is 2. The van der Waals surface area contributed by atoms with E-state index in [1.165, 1.54) is 0 Å². The highest BCUT2D eigenvalue weighted by Crippen LogP contribution is 2.19. The molecule has 6 heteroatoms. The van der Waals surface area contributed by atoms with Crippen molar-refractivity contribution in [2.75, 3.05) is 6.54 Å². The zero-order valence-electron chi connectivity index (χ0n) is 15.7. The van der Waals surface area contributed by atoms with Crippen LogP contribution in [0.1, 0.15) is 52.4 Å². The van der Waals surface area contributed by atoms with Crippen LogP contribution in [0.4, 0.5) is 0 Å². The van der Waals surface area contributed by atoms with Gasteiger partial charge in [-0.3, -0.25) is 14.0 Å². The van der Waals surface area contributed by atoms with Crippen molar-refractivity contribution in [2.24, 2.45) is 0 Å². The van der Waals surface area contributed by atoms with Gasteiger partial charge in [-0.05, 0) is 37.0 Å². The van der Waals surface area contributed by atoms with Crippen molar-refractivity contribution in [3.05, 3.63) is 71.8 Å². The van der Waals surface area contributed by atoms with Gasteiger partial charge < -0.3 is 10.6 Å². The van der Waals surface area contributed by atoms with Crippen molar-refractivity contribution in [1.82, 2.24) is 20.0 Å². The molecule has 0 aliphatic heterocycles. The van der Waals surface area contributed by atoms with Crippen LogP contribution < -0.4 is 10.6 Å². The van der Waals surface area contributed by atoms with Gasteiger partial charge in [0.25, 0.3) is 11.8 Å². The largest absolute Gasteiger partial charge is 0.349 e. The van der Waals surface area contributed by atoms with Gasteiger partial charge in [-0.1, -0.05) is 49.2 Å². The second-order valence-electron chi connectivity index (χ2n) is 7.19. The average Bonchev–Trinajstić information content (AvgIpc) is 3.36. The molecule has 1 aliphatic carbocycles. The lowest BCUT2D eigenvalue weighted by Gasteiger charge is -2.10. The molecule has 0 atom stereocenters. The number of fused-ring (bicyclic) bond motifs is 1. The van der Waals surface area contributed by atoms with Crippen LogP contribution in [0, 0.1) is 0 Å². The highest BCUT2D eigenvalue weighted by molar-refractivity contribution is 6.02. The smallest absolute Gasteiger partial charge is 0.287 e. The Labute approximate surface area is 164 Å². The number of nitrogens with zero attached hydrogens (tertiary/aromatic N) is 2. The van der Waals surface area contributed by atoms with Crippen LogP contribution in [-0.2, 0) is 6.42 Å². The topological polar surface area (TPSA) is 75.5 Å². The van der Waals surface area contributed by atoms with Crippen LogP contribution in [0.2, 0.25) is 0 Å². The molecule has 3 aromatic rings. The molecule has 1 aliphatic rings. The lowest BCUT2D eigenvalue weighted by molar-refractivity contribution is 0.0935. The fourth-order valence-corrected chi connectivity index (χ4v) is 3.73. The highest BCUT2D eigenvalue weighted by Gasteiger charge is 2.24. The van der Waals surface area contributed by atoms with Crippen molar-refractivity contribution in [3.63, 3.8) is 0 Å². The summed E-state index contributed by atoms with van der Waals surface area (Å²) in [5, 5.41) is 5.97. The lowest BCUT2D eigenvalue weighted by Crippen LogP contribution is -2.33. The molecule has 28 heavy (non-hydrogen) atoms. The molecular formula is C22H24N4O2. The maximum atomic E-state index is 12.7. The van der Waals surface area contributed by atoms with Gasteiger partial charge in [0, 0.05) is 18.8 Å². The third-order valence-electron chi connectivity index (χ3n) is 5.20. The fourth-order valence-electron chi connectivity index (χ4n) is 3.73. The number of pyridine rings is 1. The van der Waals surface area contributed by atoms with Crippen molar-refractivity contribution >= 4 is 17.3 Å². The molecule has 0 spiro atoms. The normalized spacial score (nSPS) is 14.3. The van der Waals surface area contributed by atoms with E-state index in [0.29, 0.717) is 17.8 Å². The molecule has 0 saturated heterocycles. The highest BCUT2D eigenvalue weighted by atomic mass is 16.2. The zero-order valence-corrected chi connectivity index (χ0v) is 15.7. The summed E-state index contributed by atoms with van der Waals surface area (Å²) in [6.45, 7) is 0.508. The second-order valence-corrected chi connectivity index (χ2v) is 7.19. The third-order valence-corrected chi connectivity index (χ3v) is 5.20. The Morgan fingerprint density at radius 3 is 2.54 bits per heavy atom. The van der Waals surface area contributed by atoms with Crippen LogP contribution in [0.15, 0.2) is 54.7 Å². The van der Waals surface area contributed by atoms with Crippen molar-refractivity contribution in [3.8, 4) is 0 Å². The second kappa shape index (κ2) is 8.25. The van der Waals surface area contributed by atoms with Crippen LogP contribution in [0.3, 0.4) is 0 Å². The van der Waals surface area contributed by atoms with Gasteiger partial charge in [-0.15, -0.1) is 0 Å². The van der Waals surface area contributed by atoms with E-state index in [2.05, 4.69) is 15.6 Å². The molecular weight excluding hydrogens is 352 g/mol. The van der Waals surface area contributed by atoms with E-state index in [0.717, 1.165) is 37.7 Å². The first-order chi connectivity index (χ1) is 13.7. The van der Waals surface area contributed by atoms with E-state index in [9.17, 15) is 9.59 Å². The number of carbonyl (C=O) groups is 2. The fraction of sp³-hybridized carbons (Fsp3) is 0.318. The number of imidazole rings is 1. The molecule has 4 rings (SSSR count). The summed E-state index contributed by atoms with van der Waals surface area (Å²) in [5.74, 6) is -0.254. The van der Waals surface area contributed by atoms with Gasteiger partial charge in [0.2, 0.25) is 5.82 Å². The summed E-state index contributed by atoms with van der Waals surface area (Å²) in [6, 6.07) is 15.7. The Kier molecular flexibility index (Phi) is 5.37. The molecule has 2 amide bonds. The third kappa shape index (κ3) is 3.91. The molecule has 2 aromatic heterocycles. The first-order valence-corrected chi connectivity index (χ1v) is 9.82. The molecule has 1 fully saturated rings. The Hall–Kier alpha value is -3.15. The number of aromatic nitrogens is 2. The predicted molar refractivity (Wildman–Crippen MR) is 107 cm³/mol. The molecule has 1 aromatic carbocycles. The van der Waals surface area contributed by atoms with E-state index in [1.54, 1.807) is 10.6 Å². The first-order valence-electron chi connectivity index (χ1n) is 9.82. The maximum Gasteiger partial charge on any atom is 0.287 e. The molecule has 6 nitrogen and oxygen atoms in total. The summed E-state index contributed by atoms with van der Waals surface area (Å²) < 4.78 is 1.68. The monoisotopic (exact) mass is 376 g/mol. The SMILES string of the molecule is O=C(NC1CCCC1)c1nc(C(=O)NCCc2ccccc2)n2ccccc12. The standard InChI is InChI=1S/C22H24N4O2/c27-21(24-17-10-4-5-11-17)19-18-12-6-7-15-26(18)20(25-19)22(28)23-14-13-16-8-2-1-3-9-16/h1-3,6-9,12,15,17H,4-5,10-11,13-14H2,(H,23,28)(H,24,27). The maximum absolute atomic E-state index is 12.7. The predicted octanol–water partition coefficient (Wildman–Crippen LogP) is 2.98. The minimum atomic E-state index is -0.281. The van der Waals surface area contributed by atoms with Gasteiger partial charge >= 0.3 is 0 Å². The molecule has 144 valence electrons. The number of rotatable bonds is 6. The van der Waals surface area contributed by atoms with Crippen LogP contribution >= 0.6 is 0 Å². The quantitative estimate of drug-likeness (QED) is 0.694. The van der Waals surface area contributed by atoms with Gasteiger partial charge in [-0.2, -0.15) is 0 Å². The molecule has 0 radical (unpaired) electrons. The number of benzene rings is 1. The Morgan fingerprint density at radius 2 is 1.75 bits per heavy atom. The van der Waals surface area contributed by atoms with E-state index in [4.69, 9.17) is 0 Å². The molecule has 0 bridgehead atoms.